The summed E-state index contributed by atoms with van der Waals surface area (Å²) in [6, 6.07) is 0. The van der Waals surface area contributed by atoms with Gasteiger partial charge in [-0.3, -0.25) is 4.79 Å². The van der Waals surface area contributed by atoms with E-state index < -0.39 is 24.5 Å². The van der Waals surface area contributed by atoms with Gasteiger partial charge in [-0.25, -0.2) is 0 Å². The van der Waals surface area contributed by atoms with Gasteiger partial charge in [0.15, 0.2) is 0 Å². The lowest BCUT2D eigenvalue weighted by Gasteiger charge is -2.32. The summed E-state index contributed by atoms with van der Waals surface area (Å²) < 4.78 is 36.1. The first-order valence-corrected chi connectivity index (χ1v) is 4.49. The van der Waals surface area contributed by atoms with Gasteiger partial charge in [0.05, 0.1) is 5.92 Å². The molecule has 0 aliphatic carbocycles. The summed E-state index contributed by atoms with van der Waals surface area (Å²) in [6.07, 6.45) is -3.11. The van der Waals surface area contributed by atoms with Crippen LogP contribution >= 0.6 is 0 Å². The zero-order valence-corrected chi connectivity index (χ0v) is 7.68. The zero-order valence-electron chi connectivity index (χ0n) is 7.68. The summed E-state index contributed by atoms with van der Waals surface area (Å²) in [7, 11) is 0. The number of alkyl halides is 3. The maximum atomic E-state index is 12.0. The largest absolute Gasteiger partial charge is 0.406 e. The quantitative estimate of drug-likeness (QED) is 0.730. The highest BCUT2D eigenvalue weighted by Gasteiger charge is 2.36. The molecule has 0 aromatic rings. The van der Waals surface area contributed by atoms with Crippen LogP contribution in [0.2, 0.25) is 0 Å². The van der Waals surface area contributed by atoms with Gasteiger partial charge in [-0.05, 0) is 12.8 Å². The van der Waals surface area contributed by atoms with E-state index in [2.05, 4.69) is 0 Å². The number of nitrogens with zero attached hydrogens (tertiary/aromatic N) is 1. The molecule has 1 aliphatic rings. The predicted octanol–water partition coefficient (Wildman–Crippen LogP) is 0.746. The van der Waals surface area contributed by atoms with E-state index in [1.54, 1.807) is 0 Å². The van der Waals surface area contributed by atoms with E-state index in [1.165, 1.54) is 0 Å². The molecule has 1 amide bonds. The smallest absolute Gasteiger partial charge is 0.333 e. The van der Waals surface area contributed by atoms with Crippen LogP contribution in [0.4, 0.5) is 13.2 Å². The Balaban J connectivity index is 2.57. The van der Waals surface area contributed by atoms with Crippen LogP contribution in [-0.4, -0.2) is 36.6 Å². The lowest BCUT2D eigenvalue weighted by molar-refractivity contribution is -0.166. The number of hydrogen-bond donors (Lipinski definition) is 1. The molecule has 0 spiro atoms. The molecule has 1 rings (SSSR count). The Labute approximate surface area is 80.0 Å². The van der Waals surface area contributed by atoms with E-state index in [0.29, 0.717) is 12.8 Å². The minimum absolute atomic E-state index is 0.132. The fourth-order valence-electron chi connectivity index (χ4n) is 1.61. The Morgan fingerprint density at radius 2 is 2.14 bits per heavy atom. The van der Waals surface area contributed by atoms with Crippen LogP contribution in [0.3, 0.4) is 0 Å². The van der Waals surface area contributed by atoms with Crippen molar-refractivity contribution in [3.63, 3.8) is 0 Å². The first-order chi connectivity index (χ1) is 6.44. The maximum Gasteiger partial charge on any atom is 0.406 e. The molecule has 1 fully saturated rings. The van der Waals surface area contributed by atoms with Crippen molar-refractivity contribution in [3.8, 4) is 0 Å². The van der Waals surface area contributed by atoms with Gasteiger partial charge in [0.25, 0.3) is 0 Å². The Bertz CT molecular complexity index is 217. The number of carbonyl (C=O) groups excluding carboxylic acids is 1. The topological polar surface area (TPSA) is 46.3 Å². The van der Waals surface area contributed by atoms with Crippen molar-refractivity contribution >= 4 is 5.91 Å². The standard InChI is InChI=1S/C8H13F3N2O/c9-8(10,11)5-13-3-1-2-6(4-12)7(13)14/h6H,1-5,12H2/t6-/m1/s1. The number of piperidine rings is 1. The van der Waals surface area contributed by atoms with Gasteiger partial charge >= 0.3 is 6.18 Å². The fourth-order valence-corrected chi connectivity index (χ4v) is 1.61. The molecular formula is C8H13F3N2O. The van der Waals surface area contributed by atoms with Crippen molar-refractivity contribution in [2.75, 3.05) is 19.6 Å². The minimum Gasteiger partial charge on any atom is -0.333 e. The molecule has 0 unspecified atom stereocenters. The fraction of sp³-hybridized carbons (Fsp3) is 0.875. The Morgan fingerprint density at radius 1 is 1.50 bits per heavy atom. The monoisotopic (exact) mass is 210 g/mol. The summed E-state index contributed by atoms with van der Waals surface area (Å²) in [5.74, 6) is -0.887. The average molecular weight is 210 g/mol. The third-order valence-electron chi connectivity index (χ3n) is 2.30. The van der Waals surface area contributed by atoms with Crippen LogP contribution in [0.25, 0.3) is 0 Å². The molecule has 14 heavy (non-hydrogen) atoms. The van der Waals surface area contributed by atoms with Gasteiger partial charge in [0.2, 0.25) is 5.91 Å². The van der Waals surface area contributed by atoms with Crippen molar-refractivity contribution < 1.29 is 18.0 Å². The second-order valence-electron chi connectivity index (χ2n) is 3.45. The number of amides is 1. The van der Waals surface area contributed by atoms with Crippen molar-refractivity contribution in [2.45, 2.75) is 19.0 Å². The molecule has 1 atom stereocenters. The van der Waals surface area contributed by atoms with Crippen LogP contribution in [0, 0.1) is 5.92 Å². The minimum atomic E-state index is -4.31. The highest BCUT2D eigenvalue weighted by molar-refractivity contribution is 5.79. The van der Waals surface area contributed by atoms with E-state index in [1.807, 2.05) is 0 Å². The summed E-state index contributed by atoms with van der Waals surface area (Å²) >= 11 is 0. The highest BCUT2D eigenvalue weighted by atomic mass is 19.4. The van der Waals surface area contributed by atoms with E-state index >= 15 is 0 Å². The molecule has 0 saturated carbocycles. The van der Waals surface area contributed by atoms with Gasteiger partial charge in [-0.1, -0.05) is 0 Å². The Morgan fingerprint density at radius 3 is 2.64 bits per heavy atom. The lowest BCUT2D eigenvalue weighted by atomic mass is 9.97. The normalized spacial score (nSPS) is 24.1. The third kappa shape index (κ3) is 2.87. The first-order valence-electron chi connectivity index (χ1n) is 4.49. The molecule has 0 radical (unpaired) electrons. The third-order valence-corrected chi connectivity index (χ3v) is 2.30. The summed E-state index contributed by atoms with van der Waals surface area (Å²) in [4.78, 5) is 12.2. The summed E-state index contributed by atoms with van der Waals surface area (Å²) in [5, 5.41) is 0. The summed E-state index contributed by atoms with van der Waals surface area (Å²) in [5.41, 5.74) is 5.29. The number of rotatable bonds is 2. The van der Waals surface area contributed by atoms with E-state index in [-0.39, 0.29) is 13.1 Å². The van der Waals surface area contributed by atoms with Crippen molar-refractivity contribution in [3.05, 3.63) is 0 Å². The van der Waals surface area contributed by atoms with Crippen molar-refractivity contribution in [1.29, 1.82) is 0 Å². The molecule has 0 aromatic carbocycles. The van der Waals surface area contributed by atoms with E-state index in [9.17, 15) is 18.0 Å². The Hall–Kier alpha value is -0.780. The summed E-state index contributed by atoms with van der Waals surface area (Å²) in [6.45, 7) is -0.829. The second kappa shape index (κ2) is 4.16. The second-order valence-corrected chi connectivity index (χ2v) is 3.45. The maximum absolute atomic E-state index is 12.0. The zero-order chi connectivity index (χ0) is 10.8. The van der Waals surface area contributed by atoms with Gasteiger partial charge in [-0.2, -0.15) is 13.2 Å². The number of carbonyl (C=O) groups is 1. The predicted molar refractivity (Wildman–Crippen MR) is 44.4 cm³/mol. The molecule has 0 bridgehead atoms. The molecule has 1 saturated heterocycles. The average Bonchev–Trinajstić information content (AvgIpc) is 2.06. The number of likely N-dealkylation sites (tertiary alicyclic amines) is 1. The van der Waals surface area contributed by atoms with Gasteiger partial charge in [0.1, 0.15) is 6.54 Å². The molecule has 0 aromatic heterocycles. The van der Waals surface area contributed by atoms with Crippen LogP contribution in [-0.2, 0) is 4.79 Å². The molecule has 2 N–H and O–H groups in total. The first kappa shape index (κ1) is 11.3. The van der Waals surface area contributed by atoms with E-state index in [0.717, 1.165) is 4.90 Å². The highest BCUT2D eigenvalue weighted by Crippen LogP contribution is 2.22. The lowest BCUT2D eigenvalue weighted by Crippen LogP contribution is -2.47. The SMILES string of the molecule is NC[C@H]1CCCN(CC(F)(F)F)C1=O. The molecule has 6 heteroatoms. The van der Waals surface area contributed by atoms with Crippen LogP contribution in [0.15, 0.2) is 0 Å². The van der Waals surface area contributed by atoms with Gasteiger partial charge in [-0.15, -0.1) is 0 Å². The van der Waals surface area contributed by atoms with Crippen molar-refractivity contribution in [2.24, 2.45) is 11.7 Å². The molecule has 82 valence electrons. The molecule has 1 aliphatic heterocycles. The Kier molecular flexibility index (Phi) is 3.36. The van der Waals surface area contributed by atoms with Gasteiger partial charge in [0, 0.05) is 13.1 Å². The van der Waals surface area contributed by atoms with Crippen molar-refractivity contribution in [1.82, 2.24) is 4.90 Å². The van der Waals surface area contributed by atoms with Crippen LogP contribution in [0.1, 0.15) is 12.8 Å². The van der Waals surface area contributed by atoms with Gasteiger partial charge < -0.3 is 10.6 Å². The molecule has 1 heterocycles. The molecular weight excluding hydrogens is 197 g/mol. The van der Waals surface area contributed by atoms with Crippen LogP contribution < -0.4 is 5.73 Å². The number of nitrogens with two attached hydrogens (primary N) is 1. The number of hydrogen-bond acceptors (Lipinski definition) is 2. The number of halogens is 3. The molecule has 3 nitrogen and oxygen atoms in total. The van der Waals surface area contributed by atoms with E-state index in [4.69, 9.17) is 5.73 Å². The van der Waals surface area contributed by atoms with Crippen LogP contribution in [0.5, 0.6) is 0 Å².